The Morgan fingerprint density at radius 2 is 1.80 bits per heavy atom. The van der Waals surface area contributed by atoms with Crippen molar-refractivity contribution in [1.29, 1.82) is 0 Å². The van der Waals surface area contributed by atoms with Crippen LogP contribution in [0.25, 0.3) is 0 Å². The number of likely N-dealkylation sites (tertiary alicyclic amines) is 1. The lowest BCUT2D eigenvalue weighted by atomic mass is 10.0. The maximum absolute atomic E-state index is 12.6. The van der Waals surface area contributed by atoms with Gasteiger partial charge in [0, 0.05) is 24.8 Å². The number of carbonyl (C=O) groups excluding carboxylic acids is 1. The molecule has 2 atom stereocenters. The zero-order valence-corrected chi connectivity index (χ0v) is 11.3. The molecular weight excluding hydrogens is 256 g/mol. The highest BCUT2D eigenvalue weighted by Crippen LogP contribution is 2.40. The topological polar surface area (TPSA) is 64.8 Å². The molecule has 1 aromatic rings. The van der Waals surface area contributed by atoms with Crippen molar-refractivity contribution in [2.24, 2.45) is 11.8 Å². The Balaban J connectivity index is 1.60. The smallest absolute Gasteiger partial charge is 0.256 e. The number of carbonyl (C=O) groups is 1. The van der Waals surface area contributed by atoms with E-state index in [0.29, 0.717) is 34.6 Å². The number of hydrogen-bond donors (Lipinski definition) is 1. The van der Waals surface area contributed by atoms with Gasteiger partial charge in [0.1, 0.15) is 0 Å². The van der Waals surface area contributed by atoms with Crippen LogP contribution in [0.5, 0.6) is 11.5 Å². The first kappa shape index (κ1) is 11.9. The van der Waals surface area contributed by atoms with Crippen molar-refractivity contribution in [3.8, 4) is 11.5 Å². The van der Waals surface area contributed by atoms with Crippen LogP contribution in [0.4, 0.5) is 5.69 Å². The number of benzene rings is 1. The third-order valence-electron chi connectivity index (χ3n) is 4.79. The standard InChI is InChI=1S/C15H18N2O3/c16-12-5-14-13(19-8-20-14)4-11(12)15(18)17-6-9-2-1-3-10(9)7-17/h4-5,9-10H,1-3,6-8,16H2. The molecule has 0 spiro atoms. The van der Waals surface area contributed by atoms with Crippen LogP contribution in [-0.2, 0) is 0 Å². The summed E-state index contributed by atoms with van der Waals surface area (Å²) in [4.78, 5) is 14.6. The largest absolute Gasteiger partial charge is 0.454 e. The SMILES string of the molecule is Nc1cc2c(cc1C(=O)N1CC3CCCC3C1)OCO2. The first-order chi connectivity index (χ1) is 9.72. The number of fused-ring (bicyclic) bond motifs is 2. The number of nitrogen functional groups attached to an aromatic ring is 1. The third kappa shape index (κ3) is 1.72. The molecule has 1 amide bonds. The van der Waals surface area contributed by atoms with Crippen LogP contribution in [-0.4, -0.2) is 30.7 Å². The highest BCUT2D eigenvalue weighted by atomic mass is 16.7. The number of ether oxygens (including phenoxy) is 2. The van der Waals surface area contributed by atoms with Crippen molar-refractivity contribution in [2.75, 3.05) is 25.6 Å². The molecule has 106 valence electrons. The summed E-state index contributed by atoms with van der Waals surface area (Å²) >= 11 is 0. The fourth-order valence-corrected chi connectivity index (χ4v) is 3.71. The van der Waals surface area contributed by atoms with Crippen LogP contribution < -0.4 is 15.2 Å². The minimum atomic E-state index is 0.0233. The Morgan fingerprint density at radius 3 is 2.50 bits per heavy atom. The molecule has 2 fully saturated rings. The van der Waals surface area contributed by atoms with Gasteiger partial charge in [0.05, 0.1) is 5.56 Å². The Hall–Kier alpha value is -1.91. The molecule has 4 rings (SSSR count). The van der Waals surface area contributed by atoms with Gasteiger partial charge in [-0.15, -0.1) is 0 Å². The fraction of sp³-hybridized carbons (Fsp3) is 0.533. The van der Waals surface area contributed by atoms with Gasteiger partial charge in [-0.05, 0) is 30.7 Å². The summed E-state index contributed by atoms with van der Waals surface area (Å²) in [6, 6.07) is 3.40. The minimum Gasteiger partial charge on any atom is -0.454 e. The summed E-state index contributed by atoms with van der Waals surface area (Å²) in [7, 11) is 0. The number of anilines is 1. The third-order valence-corrected chi connectivity index (χ3v) is 4.79. The molecule has 3 aliphatic rings. The van der Waals surface area contributed by atoms with Crippen molar-refractivity contribution in [3.63, 3.8) is 0 Å². The zero-order valence-electron chi connectivity index (χ0n) is 11.3. The molecule has 2 unspecified atom stereocenters. The summed E-state index contributed by atoms with van der Waals surface area (Å²) in [6.45, 7) is 1.94. The van der Waals surface area contributed by atoms with Gasteiger partial charge in [-0.2, -0.15) is 0 Å². The molecular formula is C15H18N2O3. The predicted octanol–water partition coefficient (Wildman–Crippen LogP) is 1.87. The molecule has 0 aromatic heterocycles. The molecule has 20 heavy (non-hydrogen) atoms. The minimum absolute atomic E-state index is 0.0233. The second-order valence-electron chi connectivity index (χ2n) is 5.95. The summed E-state index contributed by atoms with van der Waals surface area (Å²) in [5.41, 5.74) is 7.00. The summed E-state index contributed by atoms with van der Waals surface area (Å²) in [5, 5.41) is 0. The number of hydrogen-bond acceptors (Lipinski definition) is 4. The molecule has 1 aromatic carbocycles. The molecule has 1 saturated carbocycles. The molecule has 0 radical (unpaired) electrons. The zero-order chi connectivity index (χ0) is 13.7. The van der Waals surface area contributed by atoms with E-state index in [1.54, 1.807) is 12.1 Å². The van der Waals surface area contributed by atoms with Gasteiger partial charge < -0.3 is 20.1 Å². The van der Waals surface area contributed by atoms with Crippen LogP contribution in [0.15, 0.2) is 12.1 Å². The molecule has 2 aliphatic heterocycles. The molecule has 2 N–H and O–H groups in total. The van der Waals surface area contributed by atoms with Crippen molar-refractivity contribution >= 4 is 11.6 Å². The molecule has 5 heteroatoms. The lowest BCUT2D eigenvalue weighted by Gasteiger charge is -2.18. The predicted molar refractivity (Wildman–Crippen MR) is 73.7 cm³/mol. The maximum atomic E-state index is 12.6. The normalized spacial score (nSPS) is 26.9. The molecule has 5 nitrogen and oxygen atoms in total. The van der Waals surface area contributed by atoms with E-state index < -0.39 is 0 Å². The fourth-order valence-electron chi connectivity index (χ4n) is 3.71. The molecule has 1 saturated heterocycles. The van der Waals surface area contributed by atoms with Gasteiger partial charge in [0.15, 0.2) is 11.5 Å². The van der Waals surface area contributed by atoms with Gasteiger partial charge in [-0.1, -0.05) is 6.42 Å². The van der Waals surface area contributed by atoms with Crippen LogP contribution in [0.1, 0.15) is 29.6 Å². The van der Waals surface area contributed by atoms with E-state index in [-0.39, 0.29) is 12.7 Å². The van der Waals surface area contributed by atoms with Gasteiger partial charge >= 0.3 is 0 Å². The van der Waals surface area contributed by atoms with E-state index in [4.69, 9.17) is 15.2 Å². The summed E-state index contributed by atoms with van der Waals surface area (Å²) < 4.78 is 10.6. The van der Waals surface area contributed by atoms with Gasteiger partial charge in [0.2, 0.25) is 6.79 Å². The quantitative estimate of drug-likeness (QED) is 0.794. The van der Waals surface area contributed by atoms with E-state index in [9.17, 15) is 4.79 Å². The van der Waals surface area contributed by atoms with E-state index in [2.05, 4.69) is 0 Å². The Labute approximate surface area is 117 Å². The van der Waals surface area contributed by atoms with E-state index in [0.717, 1.165) is 13.1 Å². The summed E-state index contributed by atoms with van der Waals surface area (Å²) in [6.07, 6.45) is 3.82. The first-order valence-corrected chi connectivity index (χ1v) is 7.21. The van der Waals surface area contributed by atoms with Crippen LogP contribution in [0.2, 0.25) is 0 Å². The number of nitrogens with two attached hydrogens (primary N) is 1. The van der Waals surface area contributed by atoms with E-state index in [1.165, 1.54) is 19.3 Å². The van der Waals surface area contributed by atoms with Crippen molar-refractivity contribution in [1.82, 2.24) is 4.90 Å². The molecule has 2 heterocycles. The lowest BCUT2D eigenvalue weighted by molar-refractivity contribution is 0.0781. The Bertz CT molecular complexity index is 560. The van der Waals surface area contributed by atoms with Crippen LogP contribution in [0.3, 0.4) is 0 Å². The highest BCUT2D eigenvalue weighted by molar-refractivity contribution is 6.00. The number of nitrogens with zero attached hydrogens (tertiary/aromatic N) is 1. The average molecular weight is 274 g/mol. The first-order valence-electron chi connectivity index (χ1n) is 7.21. The number of amides is 1. The molecule has 0 bridgehead atoms. The van der Waals surface area contributed by atoms with Gasteiger partial charge in [0.25, 0.3) is 5.91 Å². The van der Waals surface area contributed by atoms with Crippen LogP contribution in [0, 0.1) is 11.8 Å². The lowest BCUT2D eigenvalue weighted by Crippen LogP contribution is -2.30. The van der Waals surface area contributed by atoms with Crippen molar-refractivity contribution in [3.05, 3.63) is 17.7 Å². The van der Waals surface area contributed by atoms with Crippen molar-refractivity contribution in [2.45, 2.75) is 19.3 Å². The van der Waals surface area contributed by atoms with E-state index in [1.807, 2.05) is 4.90 Å². The Kier molecular flexibility index (Phi) is 2.55. The molecule has 1 aliphatic carbocycles. The average Bonchev–Trinajstić information content (AvgIpc) is 3.11. The van der Waals surface area contributed by atoms with Gasteiger partial charge in [-0.25, -0.2) is 0 Å². The second-order valence-corrected chi connectivity index (χ2v) is 5.95. The highest BCUT2D eigenvalue weighted by Gasteiger charge is 2.38. The Morgan fingerprint density at radius 1 is 1.15 bits per heavy atom. The summed E-state index contributed by atoms with van der Waals surface area (Å²) in [5.74, 6) is 2.64. The van der Waals surface area contributed by atoms with Gasteiger partial charge in [-0.3, -0.25) is 4.79 Å². The number of rotatable bonds is 1. The van der Waals surface area contributed by atoms with Crippen molar-refractivity contribution < 1.29 is 14.3 Å². The maximum Gasteiger partial charge on any atom is 0.256 e. The second kappa shape index (κ2) is 4.30. The van der Waals surface area contributed by atoms with E-state index >= 15 is 0 Å². The monoisotopic (exact) mass is 274 g/mol. The van der Waals surface area contributed by atoms with Crippen LogP contribution >= 0.6 is 0 Å².